The summed E-state index contributed by atoms with van der Waals surface area (Å²) in [6, 6.07) is 0.449. The predicted molar refractivity (Wildman–Crippen MR) is 57.5 cm³/mol. The molecule has 11 heteroatoms. The third-order valence-corrected chi connectivity index (χ3v) is 3.91. The standard InChI is InChI=1S/C6H9NO8P2/c7-4-3(16(10,11)12)1-2(8)5(9)6(4)17(13,14)15/h1,8-9H,7H2,(H2,10,11,12)(H2,13,14,15). The Morgan fingerprint density at radius 2 is 1.47 bits per heavy atom. The summed E-state index contributed by atoms with van der Waals surface area (Å²) in [5.41, 5.74) is 4.21. The molecule has 1 rings (SSSR count). The molecule has 0 aliphatic heterocycles. The van der Waals surface area contributed by atoms with Gasteiger partial charge in [0.05, 0.1) is 11.0 Å². The molecule has 0 aromatic heterocycles. The van der Waals surface area contributed by atoms with E-state index in [9.17, 15) is 14.2 Å². The lowest BCUT2D eigenvalue weighted by molar-refractivity contribution is 0.379. The summed E-state index contributed by atoms with van der Waals surface area (Å²) < 4.78 is 22.0. The van der Waals surface area contributed by atoms with Gasteiger partial charge in [0.1, 0.15) is 5.30 Å². The zero-order valence-electron chi connectivity index (χ0n) is 8.05. The average Bonchev–Trinajstić information content (AvgIpc) is 2.07. The molecule has 0 fully saturated rings. The molecule has 0 aliphatic carbocycles. The van der Waals surface area contributed by atoms with Crippen molar-refractivity contribution in [2.24, 2.45) is 0 Å². The van der Waals surface area contributed by atoms with Gasteiger partial charge >= 0.3 is 15.2 Å². The van der Waals surface area contributed by atoms with Crippen molar-refractivity contribution in [3.63, 3.8) is 0 Å². The van der Waals surface area contributed by atoms with Crippen molar-refractivity contribution >= 4 is 31.5 Å². The van der Waals surface area contributed by atoms with Gasteiger partial charge in [0, 0.05) is 6.07 Å². The number of phenols is 2. The quantitative estimate of drug-likeness (QED) is 0.144. The van der Waals surface area contributed by atoms with E-state index < -0.39 is 43.0 Å². The van der Waals surface area contributed by atoms with Crippen LogP contribution in [-0.2, 0) is 9.13 Å². The van der Waals surface area contributed by atoms with E-state index in [-0.39, 0.29) is 0 Å². The largest absolute Gasteiger partial charge is 0.504 e. The van der Waals surface area contributed by atoms with Crippen molar-refractivity contribution in [1.82, 2.24) is 0 Å². The van der Waals surface area contributed by atoms with Gasteiger partial charge in [0.25, 0.3) is 0 Å². The summed E-state index contributed by atoms with van der Waals surface area (Å²) in [7, 11) is -10.0. The van der Waals surface area contributed by atoms with Crippen molar-refractivity contribution in [1.29, 1.82) is 0 Å². The molecule has 0 radical (unpaired) electrons. The first-order chi connectivity index (χ1) is 7.46. The number of aromatic hydroxyl groups is 2. The molecule has 96 valence electrons. The number of benzene rings is 1. The third kappa shape index (κ3) is 2.61. The highest BCUT2D eigenvalue weighted by molar-refractivity contribution is 7.62. The van der Waals surface area contributed by atoms with Gasteiger partial charge < -0.3 is 35.5 Å². The maximum Gasteiger partial charge on any atom is 0.362 e. The highest BCUT2D eigenvalue weighted by Gasteiger charge is 2.34. The van der Waals surface area contributed by atoms with Crippen LogP contribution in [0.4, 0.5) is 5.69 Å². The average molecular weight is 285 g/mol. The van der Waals surface area contributed by atoms with Crippen molar-refractivity contribution in [3.05, 3.63) is 6.07 Å². The molecule has 1 aromatic rings. The number of phenolic OH excluding ortho intramolecular Hbond substituents is 2. The Labute approximate surface area is 94.5 Å². The van der Waals surface area contributed by atoms with Crippen molar-refractivity contribution in [3.8, 4) is 11.5 Å². The van der Waals surface area contributed by atoms with Gasteiger partial charge in [-0.3, -0.25) is 9.13 Å². The van der Waals surface area contributed by atoms with Gasteiger partial charge in [-0.05, 0) is 0 Å². The van der Waals surface area contributed by atoms with Gasteiger partial charge in [-0.2, -0.15) is 0 Å². The van der Waals surface area contributed by atoms with Crippen LogP contribution in [0.15, 0.2) is 6.07 Å². The second kappa shape index (κ2) is 3.99. The van der Waals surface area contributed by atoms with Crippen molar-refractivity contribution in [2.45, 2.75) is 0 Å². The Bertz CT molecular complexity index is 558. The molecule has 17 heavy (non-hydrogen) atoms. The highest BCUT2D eigenvalue weighted by Crippen LogP contribution is 2.46. The van der Waals surface area contributed by atoms with Gasteiger partial charge in [0.15, 0.2) is 11.5 Å². The van der Waals surface area contributed by atoms with Gasteiger partial charge in [-0.1, -0.05) is 0 Å². The lowest BCUT2D eigenvalue weighted by Crippen LogP contribution is -2.21. The van der Waals surface area contributed by atoms with Crippen LogP contribution in [0.2, 0.25) is 0 Å². The van der Waals surface area contributed by atoms with Crippen molar-refractivity contribution < 1.29 is 38.9 Å². The Morgan fingerprint density at radius 3 is 1.82 bits per heavy atom. The number of hydrogen-bond donors (Lipinski definition) is 7. The monoisotopic (exact) mass is 285 g/mol. The zero-order valence-corrected chi connectivity index (χ0v) is 9.84. The lowest BCUT2D eigenvalue weighted by Gasteiger charge is -2.15. The zero-order chi connectivity index (χ0) is 13.6. The minimum absolute atomic E-state index is 0.449. The number of hydrogen-bond acceptors (Lipinski definition) is 5. The Morgan fingerprint density at radius 1 is 1.00 bits per heavy atom. The predicted octanol–water partition coefficient (Wildman–Crippen LogP) is -1.71. The first-order valence-corrected chi connectivity index (χ1v) is 7.15. The van der Waals surface area contributed by atoms with E-state index in [1.807, 2.05) is 0 Å². The molecule has 0 saturated carbocycles. The summed E-state index contributed by atoms with van der Waals surface area (Å²) in [6.45, 7) is 0. The van der Waals surface area contributed by atoms with Crippen LogP contribution in [-0.4, -0.2) is 29.8 Å². The lowest BCUT2D eigenvalue weighted by atomic mass is 10.3. The van der Waals surface area contributed by atoms with E-state index in [0.717, 1.165) is 0 Å². The fraction of sp³-hybridized carbons (Fsp3) is 0. The van der Waals surface area contributed by atoms with E-state index in [1.165, 1.54) is 0 Å². The van der Waals surface area contributed by atoms with Gasteiger partial charge in [0.2, 0.25) is 0 Å². The van der Waals surface area contributed by atoms with E-state index in [2.05, 4.69) is 0 Å². The summed E-state index contributed by atoms with van der Waals surface area (Å²) in [5.74, 6) is -2.30. The Kier molecular flexibility index (Phi) is 3.28. The molecule has 0 atom stereocenters. The van der Waals surface area contributed by atoms with Crippen LogP contribution in [0.1, 0.15) is 0 Å². The van der Waals surface area contributed by atoms with Gasteiger partial charge in [-0.15, -0.1) is 0 Å². The Balaban J connectivity index is 3.80. The first kappa shape index (κ1) is 14.0. The maximum absolute atomic E-state index is 11.0. The van der Waals surface area contributed by atoms with Crippen LogP contribution >= 0.6 is 15.2 Å². The first-order valence-electron chi connectivity index (χ1n) is 3.93. The van der Waals surface area contributed by atoms with Crippen LogP contribution in [0.5, 0.6) is 11.5 Å². The number of nitrogens with two attached hydrogens (primary N) is 1. The molecule has 9 nitrogen and oxygen atoms in total. The second-order valence-corrected chi connectivity index (χ2v) is 6.22. The maximum atomic E-state index is 11.0. The van der Waals surface area contributed by atoms with Crippen LogP contribution in [0.3, 0.4) is 0 Å². The van der Waals surface area contributed by atoms with E-state index in [0.29, 0.717) is 6.07 Å². The molecular formula is C6H9NO8P2. The van der Waals surface area contributed by atoms with E-state index in [4.69, 9.17) is 30.4 Å². The molecule has 0 bridgehead atoms. The second-order valence-electron chi connectivity index (χ2n) is 3.11. The van der Waals surface area contributed by atoms with Gasteiger partial charge in [-0.25, -0.2) is 0 Å². The number of nitrogen functional groups attached to an aromatic ring is 1. The molecule has 0 saturated heterocycles. The molecule has 0 spiro atoms. The van der Waals surface area contributed by atoms with Crippen LogP contribution in [0, 0.1) is 0 Å². The molecule has 8 N–H and O–H groups in total. The number of rotatable bonds is 2. The SMILES string of the molecule is Nc1c(P(=O)(O)O)cc(O)c(O)c1P(=O)(O)O. The summed E-state index contributed by atoms with van der Waals surface area (Å²) in [6.07, 6.45) is 0. The van der Waals surface area contributed by atoms with E-state index >= 15 is 0 Å². The molecule has 0 aliphatic rings. The summed E-state index contributed by atoms with van der Waals surface area (Å²) in [5, 5.41) is 16.2. The fourth-order valence-corrected chi connectivity index (χ4v) is 2.81. The summed E-state index contributed by atoms with van der Waals surface area (Å²) in [4.78, 5) is 35.5. The Hall–Kier alpha value is -1.08. The smallest absolute Gasteiger partial charge is 0.362 e. The molecule has 1 aromatic carbocycles. The van der Waals surface area contributed by atoms with Crippen molar-refractivity contribution in [2.75, 3.05) is 5.73 Å². The normalized spacial score (nSPS) is 12.7. The number of anilines is 1. The third-order valence-electron chi connectivity index (χ3n) is 1.88. The minimum Gasteiger partial charge on any atom is -0.504 e. The highest BCUT2D eigenvalue weighted by atomic mass is 31.2. The topological polar surface area (TPSA) is 182 Å². The summed E-state index contributed by atoms with van der Waals surface area (Å²) >= 11 is 0. The van der Waals surface area contributed by atoms with Crippen LogP contribution < -0.4 is 16.3 Å². The van der Waals surface area contributed by atoms with Crippen LogP contribution in [0.25, 0.3) is 0 Å². The molecular weight excluding hydrogens is 276 g/mol. The minimum atomic E-state index is -5.10. The molecule has 0 heterocycles. The van der Waals surface area contributed by atoms with E-state index in [1.54, 1.807) is 0 Å². The molecule has 0 amide bonds. The molecule has 0 unspecified atom stereocenters. The fourth-order valence-electron chi connectivity index (χ4n) is 1.18.